The molecule has 118 valence electrons. The maximum absolute atomic E-state index is 12.6. The predicted octanol–water partition coefficient (Wildman–Crippen LogP) is 3.67. The molecule has 1 aliphatic rings. The van der Waals surface area contributed by atoms with E-state index in [0.717, 1.165) is 19.3 Å². The molecule has 0 saturated heterocycles. The molecule has 3 N–H and O–H groups in total. The number of halogens is 1. The molecule has 2 rings (SSSR count). The van der Waals surface area contributed by atoms with E-state index in [4.69, 9.17) is 5.73 Å². The van der Waals surface area contributed by atoms with Gasteiger partial charge in [0.05, 0.1) is 4.90 Å². The fourth-order valence-electron chi connectivity index (χ4n) is 3.04. The molecule has 0 aliphatic heterocycles. The average Bonchev–Trinajstić information content (AvgIpc) is 2.48. The molecule has 0 amide bonds. The Morgan fingerprint density at radius 3 is 2.62 bits per heavy atom. The lowest BCUT2D eigenvalue weighted by molar-refractivity contribution is 0.285. The van der Waals surface area contributed by atoms with Crippen LogP contribution >= 0.6 is 15.9 Å². The first kappa shape index (κ1) is 16.8. The number of hydrogen-bond acceptors (Lipinski definition) is 3. The Morgan fingerprint density at radius 2 is 2.00 bits per heavy atom. The molecule has 1 atom stereocenters. The van der Waals surface area contributed by atoms with Gasteiger partial charge in [0.25, 0.3) is 0 Å². The molecular formula is C15H23BrN2O2S. The molecule has 0 aromatic heterocycles. The van der Waals surface area contributed by atoms with Crippen molar-refractivity contribution in [3.63, 3.8) is 0 Å². The van der Waals surface area contributed by atoms with E-state index >= 15 is 0 Å². The van der Waals surface area contributed by atoms with Gasteiger partial charge in [0.15, 0.2) is 0 Å². The highest BCUT2D eigenvalue weighted by Gasteiger charge is 2.28. The molecule has 1 aromatic rings. The second-order valence-corrected chi connectivity index (χ2v) is 8.26. The number of hydrogen-bond donors (Lipinski definition) is 2. The van der Waals surface area contributed by atoms with Crippen LogP contribution in [0, 0.1) is 5.92 Å². The van der Waals surface area contributed by atoms with Crippen LogP contribution in [0.3, 0.4) is 0 Å². The molecule has 1 aliphatic carbocycles. The molecule has 1 aromatic carbocycles. The molecule has 0 bridgehead atoms. The van der Waals surface area contributed by atoms with E-state index in [1.54, 1.807) is 12.1 Å². The van der Waals surface area contributed by atoms with E-state index < -0.39 is 10.0 Å². The van der Waals surface area contributed by atoms with Crippen molar-refractivity contribution in [3.8, 4) is 0 Å². The van der Waals surface area contributed by atoms with Crippen LogP contribution in [0.15, 0.2) is 27.6 Å². The number of nitrogen functional groups attached to an aromatic ring is 1. The summed E-state index contributed by atoms with van der Waals surface area (Å²) in [6, 6.07) is 4.86. The monoisotopic (exact) mass is 374 g/mol. The first-order valence-corrected chi connectivity index (χ1v) is 9.79. The number of rotatable bonds is 5. The van der Waals surface area contributed by atoms with Crippen molar-refractivity contribution < 1.29 is 8.42 Å². The second-order valence-electron chi connectivity index (χ2n) is 5.72. The zero-order chi connectivity index (χ0) is 15.5. The van der Waals surface area contributed by atoms with Crippen molar-refractivity contribution in [1.82, 2.24) is 4.72 Å². The molecule has 1 saturated carbocycles. The Bertz CT molecular complexity index is 583. The van der Waals surface area contributed by atoms with E-state index in [1.165, 1.54) is 25.3 Å². The van der Waals surface area contributed by atoms with Crippen molar-refractivity contribution in [3.05, 3.63) is 22.7 Å². The molecule has 1 unspecified atom stereocenters. The molecule has 4 nitrogen and oxygen atoms in total. The summed E-state index contributed by atoms with van der Waals surface area (Å²) in [4.78, 5) is 0.219. The minimum Gasteiger partial charge on any atom is -0.399 e. The Balaban J connectivity index is 2.20. The largest absolute Gasteiger partial charge is 0.399 e. The lowest BCUT2D eigenvalue weighted by atomic mass is 9.83. The zero-order valence-corrected chi connectivity index (χ0v) is 14.7. The summed E-state index contributed by atoms with van der Waals surface area (Å²) >= 11 is 3.30. The molecule has 0 spiro atoms. The smallest absolute Gasteiger partial charge is 0.242 e. The van der Waals surface area contributed by atoms with Crippen LogP contribution in [-0.2, 0) is 10.0 Å². The van der Waals surface area contributed by atoms with Crippen LogP contribution in [0.5, 0.6) is 0 Å². The van der Waals surface area contributed by atoms with Gasteiger partial charge < -0.3 is 5.73 Å². The lowest BCUT2D eigenvalue weighted by Crippen LogP contribution is -2.40. The molecule has 6 heteroatoms. The van der Waals surface area contributed by atoms with Crippen molar-refractivity contribution in [2.24, 2.45) is 5.92 Å². The normalized spacial score (nSPS) is 18.6. The maximum atomic E-state index is 12.6. The highest BCUT2D eigenvalue weighted by atomic mass is 79.9. The number of nitrogens with two attached hydrogens (primary N) is 1. The van der Waals surface area contributed by atoms with Gasteiger partial charge in [-0.05, 0) is 59.3 Å². The summed E-state index contributed by atoms with van der Waals surface area (Å²) in [5.74, 6) is 0.443. The SMILES string of the molecule is CCC(NS(=O)(=O)c1cc(N)ccc1Br)C1CCCCC1. The third kappa shape index (κ3) is 4.20. The first-order valence-electron chi connectivity index (χ1n) is 7.51. The minimum atomic E-state index is -3.55. The van der Waals surface area contributed by atoms with Crippen molar-refractivity contribution in [1.29, 1.82) is 0 Å². The molecule has 0 radical (unpaired) electrons. The second kappa shape index (κ2) is 7.11. The average molecular weight is 375 g/mol. The van der Waals surface area contributed by atoms with E-state index in [9.17, 15) is 8.42 Å². The third-order valence-electron chi connectivity index (χ3n) is 4.21. The van der Waals surface area contributed by atoms with Crippen LogP contribution in [0.1, 0.15) is 45.4 Å². The van der Waals surface area contributed by atoms with Crippen LogP contribution in [0.2, 0.25) is 0 Å². The quantitative estimate of drug-likeness (QED) is 0.772. The first-order chi connectivity index (χ1) is 9.94. The zero-order valence-electron chi connectivity index (χ0n) is 12.3. The van der Waals surface area contributed by atoms with Crippen LogP contribution < -0.4 is 10.5 Å². The van der Waals surface area contributed by atoms with Crippen LogP contribution in [0.4, 0.5) is 5.69 Å². The number of sulfonamides is 1. The van der Waals surface area contributed by atoms with Gasteiger partial charge in [0.2, 0.25) is 10.0 Å². The summed E-state index contributed by atoms with van der Waals surface area (Å²) in [6.07, 6.45) is 6.69. The fraction of sp³-hybridized carbons (Fsp3) is 0.600. The Labute approximate surface area is 135 Å². The topological polar surface area (TPSA) is 72.2 Å². The molecule has 0 heterocycles. The maximum Gasteiger partial charge on any atom is 0.242 e. The molecule has 21 heavy (non-hydrogen) atoms. The summed E-state index contributed by atoms with van der Waals surface area (Å²) < 4.78 is 28.7. The van der Waals surface area contributed by atoms with Gasteiger partial charge in [-0.25, -0.2) is 13.1 Å². The van der Waals surface area contributed by atoms with Crippen molar-refractivity contribution in [2.75, 3.05) is 5.73 Å². The summed E-state index contributed by atoms with van der Waals surface area (Å²) in [7, 11) is -3.55. The van der Waals surface area contributed by atoms with Crippen LogP contribution in [0.25, 0.3) is 0 Å². The number of benzene rings is 1. The summed E-state index contributed by atoms with van der Waals surface area (Å²) in [6.45, 7) is 2.04. The van der Waals surface area contributed by atoms with Gasteiger partial charge in [-0.2, -0.15) is 0 Å². The Kier molecular flexibility index (Phi) is 5.68. The highest BCUT2D eigenvalue weighted by molar-refractivity contribution is 9.10. The number of nitrogens with one attached hydrogen (secondary N) is 1. The molecular weight excluding hydrogens is 352 g/mol. The predicted molar refractivity (Wildman–Crippen MR) is 89.5 cm³/mol. The van der Waals surface area contributed by atoms with Gasteiger partial charge in [-0.3, -0.25) is 0 Å². The third-order valence-corrected chi connectivity index (χ3v) is 6.69. The van der Waals surface area contributed by atoms with Gasteiger partial charge in [0.1, 0.15) is 0 Å². The van der Waals surface area contributed by atoms with E-state index in [2.05, 4.69) is 20.7 Å². The summed E-state index contributed by atoms with van der Waals surface area (Å²) in [5, 5.41) is 0. The van der Waals surface area contributed by atoms with Gasteiger partial charge in [0, 0.05) is 16.2 Å². The summed E-state index contributed by atoms with van der Waals surface area (Å²) in [5.41, 5.74) is 6.17. The van der Waals surface area contributed by atoms with E-state index in [0.29, 0.717) is 16.1 Å². The van der Waals surface area contributed by atoms with Crippen molar-refractivity contribution >= 4 is 31.6 Å². The van der Waals surface area contributed by atoms with Gasteiger partial charge in [-0.15, -0.1) is 0 Å². The number of anilines is 1. The van der Waals surface area contributed by atoms with Crippen LogP contribution in [-0.4, -0.2) is 14.5 Å². The minimum absolute atomic E-state index is 0.00336. The Morgan fingerprint density at radius 1 is 1.33 bits per heavy atom. The van der Waals surface area contributed by atoms with E-state index in [-0.39, 0.29) is 10.9 Å². The van der Waals surface area contributed by atoms with Crippen molar-refractivity contribution in [2.45, 2.75) is 56.4 Å². The Hall–Kier alpha value is -0.590. The highest BCUT2D eigenvalue weighted by Crippen LogP contribution is 2.30. The molecule has 1 fully saturated rings. The van der Waals surface area contributed by atoms with Gasteiger partial charge in [-0.1, -0.05) is 26.2 Å². The van der Waals surface area contributed by atoms with E-state index in [1.807, 2.05) is 6.92 Å². The fourth-order valence-corrected chi connectivity index (χ4v) is 5.42. The standard InChI is InChI=1S/C15H23BrN2O2S/c1-2-14(11-6-4-3-5-7-11)18-21(19,20)15-10-12(17)8-9-13(15)16/h8-11,14,18H,2-7,17H2,1H3. The van der Waals surface area contributed by atoms with Gasteiger partial charge >= 0.3 is 0 Å². The lowest BCUT2D eigenvalue weighted by Gasteiger charge is -2.30.